The Balaban J connectivity index is 2.62. The van der Waals surface area contributed by atoms with E-state index in [4.69, 9.17) is 5.11 Å². The van der Waals surface area contributed by atoms with Crippen molar-refractivity contribution in [1.29, 1.82) is 0 Å². The Morgan fingerprint density at radius 2 is 2.11 bits per heavy atom. The van der Waals surface area contributed by atoms with Crippen LogP contribution in [-0.4, -0.2) is 39.7 Å². The van der Waals surface area contributed by atoms with Gasteiger partial charge in [0.1, 0.15) is 6.54 Å². The van der Waals surface area contributed by atoms with Crippen molar-refractivity contribution in [3.8, 4) is 0 Å². The van der Waals surface area contributed by atoms with Gasteiger partial charge in [0, 0.05) is 5.54 Å². The lowest BCUT2D eigenvalue weighted by molar-refractivity contribution is -0.146. The maximum Gasteiger partial charge on any atom is 0.323 e. The number of aliphatic carboxylic acids is 1. The molecule has 0 aliphatic heterocycles. The van der Waals surface area contributed by atoms with E-state index in [9.17, 15) is 9.59 Å². The molecule has 1 aromatic rings. The number of carboxylic acids is 1. The average molecular weight is 287 g/mol. The highest BCUT2D eigenvalue weighted by Crippen LogP contribution is 2.24. The molecule has 4 nitrogen and oxygen atoms in total. The summed E-state index contributed by atoms with van der Waals surface area (Å²) in [5.74, 6) is -0.867. The van der Waals surface area contributed by atoms with Crippen molar-refractivity contribution in [1.82, 2.24) is 4.90 Å². The molecule has 6 heteroatoms. The molecular formula is C12H17NO3S2. The van der Waals surface area contributed by atoms with Gasteiger partial charge in [-0.15, -0.1) is 23.1 Å². The summed E-state index contributed by atoms with van der Waals surface area (Å²) in [6, 6.07) is 3.87. The Morgan fingerprint density at radius 1 is 1.44 bits per heavy atom. The Bertz CT molecular complexity index is 409. The summed E-state index contributed by atoms with van der Waals surface area (Å²) in [7, 11) is 0. The average Bonchev–Trinajstić information content (AvgIpc) is 2.73. The summed E-state index contributed by atoms with van der Waals surface area (Å²) in [4.78, 5) is 24.3. The number of carbonyl (C=O) groups excluding carboxylic acids is 1. The molecule has 0 aliphatic carbocycles. The molecule has 1 amide bonds. The third-order valence-electron chi connectivity index (χ3n) is 2.24. The van der Waals surface area contributed by atoms with E-state index in [1.807, 2.05) is 38.3 Å². The SMILES string of the molecule is CC(C)(C)N(CC(=O)O)C(=O)CSc1cccs1. The van der Waals surface area contributed by atoms with Gasteiger partial charge in [-0.2, -0.15) is 0 Å². The maximum atomic E-state index is 12.1. The third kappa shape index (κ3) is 4.70. The fraction of sp³-hybridized carbons (Fsp3) is 0.500. The first kappa shape index (κ1) is 15.0. The molecule has 0 fully saturated rings. The predicted molar refractivity (Wildman–Crippen MR) is 74.1 cm³/mol. The molecule has 1 N–H and O–H groups in total. The van der Waals surface area contributed by atoms with Crippen molar-refractivity contribution < 1.29 is 14.7 Å². The smallest absolute Gasteiger partial charge is 0.323 e. The first-order chi connectivity index (χ1) is 8.30. The van der Waals surface area contributed by atoms with Gasteiger partial charge in [-0.3, -0.25) is 9.59 Å². The molecule has 0 unspecified atom stereocenters. The lowest BCUT2D eigenvalue weighted by Crippen LogP contribution is -2.49. The molecule has 100 valence electrons. The van der Waals surface area contributed by atoms with Crippen LogP contribution in [0.3, 0.4) is 0 Å². The minimum atomic E-state index is -0.987. The molecule has 0 saturated carbocycles. The molecule has 0 spiro atoms. The van der Waals surface area contributed by atoms with Gasteiger partial charge in [-0.1, -0.05) is 6.07 Å². The Morgan fingerprint density at radius 3 is 2.56 bits per heavy atom. The number of carboxylic acid groups (broad SMARTS) is 1. The van der Waals surface area contributed by atoms with Gasteiger partial charge in [0.15, 0.2) is 0 Å². The van der Waals surface area contributed by atoms with Crippen molar-refractivity contribution in [2.24, 2.45) is 0 Å². The van der Waals surface area contributed by atoms with Crippen LogP contribution in [0.15, 0.2) is 21.7 Å². The first-order valence-electron chi connectivity index (χ1n) is 5.49. The highest BCUT2D eigenvalue weighted by atomic mass is 32.2. The van der Waals surface area contributed by atoms with Crippen LogP contribution in [0.1, 0.15) is 20.8 Å². The Hall–Kier alpha value is -1.01. The van der Waals surface area contributed by atoms with Gasteiger partial charge in [-0.05, 0) is 32.2 Å². The van der Waals surface area contributed by atoms with Gasteiger partial charge in [-0.25, -0.2) is 0 Å². The van der Waals surface area contributed by atoms with E-state index < -0.39 is 11.5 Å². The molecule has 1 rings (SSSR count). The molecule has 18 heavy (non-hydrogen) atoms. The lowest BCUT2D eigenvalue weighted by Gasteiger charge is -2.34. The van der Waals surface area contributed by atoms with Crippen molar-refractivity contribution in [2.45, 2.75) is 30.5 Å². The summed E-state index contributed by atoms with van der Waals surface area (Å²) >= 11 is 3.02. The van der Waals surface area contributed by atoms with E-state index >= 15 is 0 Å². The highest BCUT2D eigenvalue weighted by molar-refractivity contribution is 8.01. The van der Waals surface area contributed by atoms with Crippen molar-refractivity contribution >= 4 is 35.0 Å². The molecule has 0 atom stereocenters. The molecule has 0 radical (unpaired) electrons. The van der Waals surface area contributed by atoms with Crippen LogP contribution in [-0.2, 0) is 9.59 Å². The minimum Gasteiger partial charge on any atom is -0.480 e. The van der Waals surface area contributed by atoms with Crippen LogP contribution in [0, 0.1) is 0 Å². The molecule has 1 aromatic heterocycles. The molecule has 0 aromatic carbocycles. The molecule has 0 aliphatic rings. The van der Waals surface area contributed by atoms with E-state index in [2.05, 4.69) is 0 Å². The minimum absolute atomic E-state index is 0.150. The molecule has 0 bridgehead atoms. The van der Waals surface area contributed by atoms with Crippen molar-refractivity contribution in [2.75, 3.05) is 12.3 Å². The second-order valence-corrected chi connectivity index (χ2v) is 6.99. The summed E-state index contributed by atoms with van der Waals surface area (Å²) in [6.07, 6.45) is 0. The number of hydrogen-bond donors (Lipinski definition) is 1. The van der Waals surface area contributed by atoms with E-state index in [0.717, 1.165) is 4.21 Å². The number of amides is 1. The number of hydrogen-bond acceptors (Lipinski definition) is 4. The predicted octanol–water partition coefficient (Wildman–Crippen LogP) is 2.55. The normalized spacial score (nSPS) is 11.3. The van der Waals surface area contributed by atoms with Crippen LogP contribution in [0.25, 0.3) is 0 Å². The zero-order chi connectivity index (χ0) is 13.8. The fourth-order valence-corrected chi connectivity index (χ4v) is 3.05. The number of nitrogens with zero attached hydrogens (tertiary/aromatic N) is 1. The Kier molecular flexibility index (Phi) is 5.22. The van der Waals surface area contributed by atoms with E-state index in [-0.39, 0.29) is 18.2 Å². The summed E-state index contributed by atoms with van der Waals surface area (Å²) in [5, 5.41) is 10.8. The van der Waals surface area contributed by atoms with Gasteiger partial charge in [0.25, 0.3) is 0 Å². The Labute approximate surface area is 115 Å². The number of thiophene rings is 1. The van der Waals surface area contributed by atoms with Crippen LogP contribution in [0.2, 0.25) is 0 Å². The van der Waals surface area contributed by atoms with E-state index in [0.29, 0.717) is 0 Å². The number of carbonyl (C=O) groups is 2. The van der Waals surface area contributed by atoms with Gasteiger partial charge in [0.05, 0.1) is 9.96 Å². The monoisotopic (exact) mass is 287 g/mol. The van der Waals surface area contributed by atoms with Gasteiger partial charge >= 0.3 is 5.97 Å². The molecular weight excluding hydrogens is 270 g/mol. The lowest BCUT2D eigenvalue weighted by atomic mass is 10.1. The third-order valence-corrected chi connectivity index (χ3v) is 4.35. The van der Waals surface area contributed by atoms with Crippen LogP contribution < -0.4 is 0 Å². The maximum absolute atomic E-state index is 12.1. The van der Waals surface area contributed by atoms with Crippen molar-refractivity contribution in [3.63, 3.8) is 0 Å². The summed E-state index contributed by atoms with van der Waals surface area (Å²) in [5.41, 5.74) is -0.481. The quantitative estimate of drug-likeness (QED) is 0.846. The van der Waals surface area contributed by atoms with Crippen LogP contribution in [0.4, 0.5) is 0 Å². The van der Waals surface area contributed by atoms with Crippen molar-refractivity contribution in [3.05, 3.63) is 17.5 Å². The fourth-order valence-electron chi connectivity index (χ4n) is 1.39. The molecule has 0 saturated heterocycles. The second-order valence-electron chi connectivity index (χ2n) is 4.77. The zero-order valence-corrected chi connectivity index (χ0v) is 12.3. The van der Waals surface area contributed by atoms with Gasteiger partial charge < -0.3 is 10.0 Å². The standard InChI is InChI=1S/C12H17NO3S2/c1-12(2,3)13(7-10(15)16)9(14)8-18-11-5-4-6-17-11/h4-6H,7-8H2,1-3H3,(H,15,16). The van der Waals surface area contributed by atoms with Crippen LogP contribution >= 0.6 is 23.1 Å². The largest absolute Gasteiger partial charge is 0.480 e. The number of rotatable bonds is 5. The summed E-state index contributed by atoms with van der Waals surface area (Å²) < 4.78 is 1.06. The van der Waals surface area contributed by atoms with Crippen LogP contribution in [0.5, 0.6) is 0 Å². The molecule has 1 heterocycles. The van der Waals surface area contributed by atoms with E-state index in [1.165, 1.54) is 16.7 Å². The van der Waals surface area contributed by atoms with E-state index in [1.54, 1.807) is 11.3 Å². The topological polar surface area (TPSA) is 57.6 Å². The van der Waals surface area contributed by atoms with Gasteiger partial charge in [0.2, 0.25) is 5.91 Å². The number of thioether (sulfide) groups is 1. The zero-order valence-electron chi connectivity index (χ0n) is 10.7. The second kappa shape index (κ2) is 6.24. The highest BCUT2D eigenvalue weighted by Gasteiger charge is 2.28. The first-order valence-corrected chi connectivity index (χ1v) is 7.36. The summed E-state index contributed by atoms with van der Waals surface area (Å²) in [6.45, 7) is 5.25.